The topological polar surface area (TPSA) is 52.7 Å². The summed E-state index contributed by atoms with van der Waals surface area (Å²) in [5.74, 6) is -0.302. The molecular formula is C20H23BrFN3O2S2. The van der Waals surface area contributed by atoms with Crippen molar-refractivity contribution in [2.45, 2.75) is 17.9 Å². The van der Waals surface area contributed by atoms with Gasteiger partial charge in [-0.1, -0.05) is 12.1 Å². The molecule has 1 saturated heterocycles. The first kappa shape index (κ1) is 22.1. The first-order valence-electron chi connectivity index (χ1n) is 9.25. The fourth-order valence-electron chi connectivity index (χ4n) is 3.22. The maximum Gasteiger partial charge on any atom is 0.175 e. The maximum absolute atomic E-state index is 13.3. The van der Waals surface area contributed by atoms with Crippen molar-refractivity contribution in [1.29, 1.82) is 0 Å². The predicted molar refractivity (Wildman–Crippen MR) is 121 cm³/mol. The van der Waals surface area contributed by atoms with Crippen LogP contribution in [-0.2, 0) is 16.4 Å². The van der Waals surface area contributed by atoms with Gasteiger partial charge in [-0.15, -0.1) is 0 Å². The molecule has 0 atom stereocenters. The second-order valence-electron chi connectivity index (χ2n) is 7.09. The standard InChI is InChI=1S/C20H23BrFN3O2S2/c1-29(26,27)17-6-3-15(4-7-17)14-24-9-2-10-25(12-11-24)20(28)23-19-8-5-16(22)13-18(19)21/h3-8,13H,2,9-12,14H2,1H3,(H,23,28). The van der Waals surface area contributed by atoms with Gasteiger partial charge in [-0.05, 0) is 70.5 Å². The van der Waals surface area contributed by atoms with E-state index in [9.17, 15) is 12.8 Å². The summed E-state index contributed by atoms with van der Waals surface area (Å²) in [6.07, 6.45) is 2.18. The molecule has 0 spiro atoms. The molecule has 1 aliphatic heterocycles. The molecule has 0 saturated carbocycles. The smallest absolute Gasteiger partial charge is 0.175 e. The van der Waals surface area contributed by atoms with Gasteiger partial charge in [0.05, 0.1) is 10.6 Å². The molecule has 0 radical (unpaired) electrons. The Morgan fingerprint density at radius 2 is 1.86 bits per heavy atom. The Balaban J connectivity index is 1.56. The summed E-state index contributed by atoms with van der Waals surface area (Å²) in [7, 11) is -3.17. The number of halogens is 2. The molecule has 0 bridgehead atoms. The highest BCUT2D eigenvalue weighted by Crippen LogP contribution is 2.23. The Hall–Kier alpha value is -1.55. The third-order valence-electron chi connectivity index (χ3n) is 4.81. The number of nitrogens with one attached hydrogen (secondary N) is 1. The van der Waals surface area contributed by atoms with Crippen molar-refractivity contribution in [2.24, 2.45) is 0 Å². The monoisotopic (exact) mass is 499 g/mol. The van der Waals surface area contributed by atoms with Gasteiger partial charge in [-0.2, -0.15) is 0 Å². The summed E-state index contributed by atoms with van der Waals surface area (Å²) in [6.45, 7) is 4.18. The molecular weight excluding hydrogens is 477 g/mol. The van der Waals surface area contributed by atoms with E-state index in [0.717, 1.165) is 50.4 Å². The molecule has 0 aromatic heterocycles. The van der Waals surface area contributed by atoms with Crippen LogP contribution in [0.25, 0.3) is 0 Å². The van der Waals surface area contributed by atoms with Crippen molar-refractivity contribution >= 4 is 48.8 Å². The van der Waals surface area contributed by atoms with Gasteiger partial charge in [0.2, 0.25) is 0 Å². The summed E-state index contributed by atoms with van der Waals surface area (Å²) < 4.78 is 37.1. The van der Waals surface area contributed by atoms with Crippen LogP contribution in [0, 0.1) is 5.82 Å². The summed E-state index contributed by atoms with van der Waals surface area (Å²) >= 11 is 8.90. The van der Waals surface area contributed by atoms with Crippen molar-refractivity contribution in [2.75, 3.05) is 37.8 Å². The van der Waals surface area contributed by atoms with E-state index in [-0.39, 0.29) is 5.82 Å². The van der Waals surface area contributed by atoms with Gasteiger partial charge in [-0.3, -0.25) is 4.90 Å². The third kappa shape index (κ3) is 6.21. The quantitative estimate of drug-likeness (QED) is 0.643. The van der Waals surface area contributed by atoms with E-state index in [1.807, 2.05) is 12.1 Å². The first-order valence-corrected chi connectivity index (χ1v) is 12.3. The largest absolute Gasteiger partial charge is 0.348 e. The van der Waals surface area contributed by atoms with Gasteiger partial charge in [0.25, 0.3) is 0 Å². The molecule has 29 heavy (non-hydrogen) atoms. The zero-order valence-corrected chi connectivity index (χ0v) is 19.3. The lowest BCUT2D eigenvalue weighted by Crippen LogP contribution is -2.37. The first-order chi connectivity index (χ1) is 13.7. The minimum Gasteiger partial charge on any atom is -0.348 e. The van der Waals surface area contributed by atoms with E-state index >= 15 is 0 Å². The average molecular weight is 500 g/mol. The summed E-state index contributed by atoms with van der Waals surface area (Å²) in [5.41, 5.74) is 1.82. The van der Waals surface area contributed by atoms with Gasteiger partial charge in [-0.25, -0.2) is 12.8 Å². The fraction of sp³-hybridized carbons (Fsp3) is 0.350. The lowest BCUT2D eigenvalue weighted by atomic mass is 10.2. The molecule has 2 aromatic carbocycles. The van der Waals surface area contributed by atoms with E-state index in [0.29, 0.717) is 14.5 Å². The van der Waals surface area contributed by atoms with Crippen LogP contribution in [0.1, 0.15) is 12.0 Å². The molecule has 3 rings (SSSR count). The highest BCUT2D eigenvalue weighted by atomic mass is 79.9. The second-order valence-corrected chi connectivity index (χ2v) is 10.3. The van der Waals surface area contributed by atoms with Crippen LogP contribution < -0.4 is 5.32 Å². The lowest BCUT2D eigenvalue weighted by Gasteiger charge is -2.25. The maximum atomic E-state index is 13.3. The predicted octanol–water partition coefficient (Wildman–Crippen LogP) is 3.90. The average Bonchev–Trinajstić information content (AvgIpc) is 2.89. The lowest BCUT2D eigenvalue weighted by molar-refractivity contribution is 0.278. The molecule has 0 aliphatic carbocycles. The van der Waals surface area contributed by atoms with Gasteiger partial charge in [0.1, 0.15) is 5.82 Å². The molecule has 1 heterocycles. The van der Waals surface area contributed by atoms with Crippen LogP contribution >= 0.6 is 28.1 Å². The molecule has 1 N–H and O–H groups in total. The van der Waals surface area contributed by atoms with E-state index < -0.39 is 9.84 Å². The normalized spacial score (nSPS) is 15.8. The van der Waals surface area contributed by atoms with E-state index in [1.165, 1.54) is 18.4 Å². The second kappa shape index (κ2) is 9.51. The van der Waals surface area contributed by atoms with Crippen LogP contribution in [0.15, 0.2) is 51.8 Å². The summed E-state index contributed by atoms with van der Waals surface area (Å²) in [4.78, 5) is 4.80. The molecule has 1 fully saturated rings. The zero-order valence-electron chi connectivity index (χ0n) is 16.1. The van der Waals surface area contributed by atoms with Crippen molar-refractivity contribution in [3.63, 3.8) is 0 Å². The number of benzene rings is 2. The number of sulfone groups is 1. The molecule has 9 heteroatoms. The third-order valence-corrected chi connectivity index (χ3v) is 6.95. The number of hydrogen-bond acceptors (Lipinski definition) is 4. The number of rotatable bonds is 4. The van der Waals surface area contributed by atoms with Gasteiger partial charge in [0.15, 0.2) is 14.9 Å². The summed E-state index contributed by atoms with van der Waals surface area (Å²) in [6, 6.07) is 11.5. The molecule has 0 unspecified atom stereocenters. The fourth-order valence-corrected chi connectivity index (χ4v) is 4.59. The Bertz CT molecular complexity index is 984. The van der Waals surface area contributed by atoms with Crippen molar-refractivity contribution in [1.82, 2.24) is 9.80 Å². The van der Waals surface area contributed by atoms with Crippen LogP contribution in [0.2, 0.25) is 0 Å². The Labute approximate surface area is 184 Å². The van der Waals surface area contributed by atoms with Crippen LogP contribution in [0.4, 0.5) is 10.1 Å². The number of anilines is 1. The number of thiocarbonyl (C=S) groups is 1. The van der Waals surface area contributed by atoms with Gasteiger partial charge in [0, 0.05) is 43.5 Å². The minimum atomic E-state index is -3.17. The molecule has 2 aromatic rings. The Morgan fingerprint density at radius 3 is 2.52 bits per heavy atom. The zero-order chi connectivity index (χ0) is 21.0. The number of nitrogens with zero attached hydrogens (tertiary/aromatic N) is 2. The van der Waals surface area contributed by atoms with Crippen LogP contribution in [0.3, 0.4) is 0 Å². The van der Waals surface area contributed by atoms with E-state index in [4.69, 9.17) is 12.2 Å². The van der Waals surface area contributed by atoms with Crippen LogP contribution in [-0.4, -0.2) is 55.8 Å². The van der Waals surface area contributed by atoms with E-state index in [1.54, 1.807) is 18.2 Å². The van der Waals surface area contributed by atoms with Gasteiger partial charge >= 0.3 is 0 Å². The minimum absolute atomic E-state index is 0.302. The van der Waals surface area contributed by atoms with Crippen molar-refractivity contribution in [3.8, 4) is 0 Å². The van der Waals surface area contributed by atoms with Crippen molar-refractivity contribution < 1.29 is 12.8 Å². The Kier molecular flexibility index (Phi) is 7.26. The SMILES string of the molecule is CS(=O)(=O)c1ccc(CN2CCCN(C(=S)Nc3ccc(F)cc3Br)CC2)cc1. The molecule has 5 nitrogen and oxygen atoms in total. The van der Waals surface area contributed by atoms with Crippen molar-refractivity contribution in [3.05, 3.63) is 58.3 Å². The van der Waals surface area contributed by atoms with Crippen LogP contribution in [0.5, 0.6) is 0 Å². The molecule has 156 valence electrons. The molecule has 0 amide bonds. The highest BCUT2D eigenvalue weighted by molar-refractivity contribution is 9.10. The summed E-state index contributed by atoms with van der Waals surface area (Å²) in [5, 5.41) is 3.81. The van der Waals surface area contributed by atoms with Gasteiger partial charge < -0.3 is 10.2 Å². The number of hydrogen-bond donors (Lipinski definition) is 1. The highest BCUT2D eigenvalue weighted by Gasteiger charge is 2.18. The Morgan fingerprint density at radius 1 is 1.14 bits per heavy atom. The molecule has 1 aliphatic rings. The van der Waals surface area contributed by atoms with E-state index in [2.05, 4.69) is 31.0 Å².